The van der Waals surface area contributed by atoms with Gasteiger partial charge in [-0.1, -0.05) is 37.0 Å². The molecular weight excluding hydrogens is 466 g/mol. The number of ketones is 1. The zero-order valence-corrected chi connectivity index (χ0v) is 20.0. The van der Waals surface area contributed by atoms with Crippen molar-refractivity contribution in [1.82, 2.24) is 9.47 Å². The highest BCUT2D eigenvalue weighted by atomic mass is 32.2. The number of amides is 1. The number of thioether (sulfide) groups is 1. The van der Waals surface area contributed by atoms with Crippen molar-refractivity contribution in [3.05, 3.63) is 54.3 Å². The Morgan fingerprint density at radius 2 is 2.09 bits per heavy atom. The number of hydrogen-bond acceptors (Lipinski definition) is 8. The first-order chi connectivity index (χ1) is 15.3. The first-order valence-corrected chi connectivity index (χ1v) is 12.1. The molecule has 0 spiro atoms. The van der Waals surface area contributed by atoms with Crippen LogP contribution in [0.25, 0.3) is 6.08 Å². The number of Topliss-reactive ketones (excluding diaryl/α,β-unsaturated/α-hetero) is 1. The Morgan fingerprint density at radius 1 is 1.34 bits per heavy atom. The summed E-state index contributed by atoms with van der Waals surface area (Å²) in [6.45, 7) is 3.78. The predicted octanol–water partition coefficient (Wildman–Crippen LogP) is 4.07. The Bertz CT molecular complexity index is 1210. The smallest absolute Gasteiger partial charge is 0.271 e. The van der Waals surface area contributed by atoms with Gasteiger partial charge in [0.25, 0.3) is 11.5 Å². The maximum absolute atomic E-state index is 12.9. The van der Waals surface area contributed by atoms with Gasteiger partial charge in [0, 0.05) is 24.4 Å². The van der Waals surface area contributed by atoms with E-state index in [1.807, 2.05) is 30.5 Å². The van der Waals surface area contributed by atoms with Crippen LogP contribution in [0.2, 0.25) is 0 Å². The van der Waals surface area contributed by atoms with E-state index in [0.717, 1.165) is 9.44 Å². The van der Waals surface area contributed by atoms with Crippen molar-refractivity contribution in [3.8, 4) is 11.9 Å². The second kappa shape index (κ2) is 10.3. The minimum Gasteiger partial charge on any atom is -0.494 e. The third-order valence-electron chi connectivity index (χ3n) is 5.00. The lowest BCUT2D eigenvalue weighted by atomic mass is 9.99. The molecule has 1 amide bonds. The monoisotopic (exact) mass is 487 g/mol. The fourth-order valence-corrected chi connectivity index (χ4v) is 5.47. The van der Waals surface area contributed by atoms with Crippen LogP contribution in [0.5, 0.6) is 5.88 Å². The molecule has 2 aromatic heterocycles. The van der Waals surface area contributed by atoms with E-state index in [1.54, 1.807) is 6.08 Å². The number of carbonyl (C=O) groups is 2. The summed E-state index contributed by atoms with van der Waals surface area (Å²) < 4.78 is 1.50. The van der Waals surface area contributed by atoms with Crippen molar-refractivity contribution in [2.45, 2.75) is 39.7 Å². The van der Waals surface area contributed by atoms with Crippen LogP contribution < -0.4 is 5.56 Å². The number of aromatic nitrogens is 1. The standard InChI is InChI=1S/C22H21N3O4S3/c1-3-8-24-19(27)15(12-23)13(2)18(21(24)29)16(26)7-4-9-25-20(28)17(32-22(25)30)11-14-6-5-10-31-14/h5-6,10-11,29H,3-4,7-9H2,1-2H3/b17-11-. The lowest BCUT2D eigenvalue weighted by Crippen LogP contribution is -2.29. The Hall–Kier alpha value is -2.74. The average Bonchev–Trinajstić information content (AvgIpc) is 3.35. The summed E-state index contributed by atoms with van der Waals surface area (Å²) in [6.07, 6.45) is 2.72. The van der Waals surface area contributed by atoms with Gasteiger partial charge in [-0.3, -0.25) is 23.9 Å². The van der Waals surface area contributed by atoms with Crippen LogP contribution in [0.15, 0.2) is 27.2 Å². The first-order valence-electron chi connectivity index (χ1n) is 9.98. The zero-order valence-electron chi connectivity index (χ0n) is 17.6. The molecule has 0 bridgehead atoms. The van der Waals surface area contributed by atoms with Gasteiger partial charge in [-0.2, -0.15) is 5.26 Å². The van der Waals surface area contributed by atoms with Gasteiger partial charge >= 0.3 is 0 Å². The van der Waals surface area contributed by atoms with Gasteiger partial charge in [0.05, 0.1) is 10.5 Å². The minimum atomic E-state index is -0.601. The number of rotatable bonds is 8. The molecule has 1 aliphatic rings. The number of hydrogen-bond donors (Lipinski definition) is 1. The minimum absolute atomic E-state index is 0.0161. The van der Waals surface area contributed by atoms with Crippen LogP contribution in [-0.2, 0) is 11.3 Å². The molecule has 7 nitrogen and oxygen atoms in total. The highest BCUT2D eigenvalue weighted by molar-refractivity contribution is 8.26. The van der Waals surface area contributed by atoms with Crippen LogP contribution in [0.3, 0.4) is 0 Å². The van der Waals surface area contributed by atoms with Gasteiger partial charge in [0.1, 0.15) is 16.0 Å². The molecule has 3 heterocycles. The van der Waals surface area contributed by atoms with Gasteiger partial charge in [-0.15, -0.1) is 11.3 Å². The summed E-state index contributed by atoms with van der Waals surface area (Å²) in [5.74, 6) is -0.994. The summed E-state index contributed by atoms with van der Waals surface area (Å²) in [7, 11) is 0. The first kappa shape index (κ1) is 23.9. The Balaban J connectivity index is 1.74. The topological polar surface area (TPSA) is 103 Å². The van der Waals surface area contributed by atoms with Gasteiger partial charge in [0.2, 0.25) is 5.88 Å². The lowest BCUT2D eigenvalue weighted by Gasteiger charge is -2.16. The fourth-order valence-electron chi connectivity index (χ4n) is 3.43. The zero-order chi connectivity index (χ0) is 23.4. The van der Waals surface area contributed by atoms with Gasteiger partial charge in [-0.25, -0.2) is 0 Å². The summed E-state index contributed by atoms with van der Waals surface area (Å²) >= 11 is 8.09. The Labute approximate surface area is 199 Å². The van der Waals surface area contributed by atoms with Crippen LogP contribution in [-0.4, -0.2) is 37.1 Å². The van der Waals surface area contributed by atoms with Crippen LogP contribution in [0.1, 0.15) is 52.5 Å². The highest BCUT2D eigenvalue weighted by Gasteiger charge is 2.32. The SMILES string of the molecule is CCCn1c(O)c(C(=O)CCCN2C(=O)/C(=C/c3cccs3)SC2=S)c(C)c(C#N)c1=O. The summed E-state index contributed by atoms with van der Waals surface area (Å²) in [5.41, 5.74) is -0.583. The average molecular weight is 488 g/mol. The van der Waals surface area contributed by atoms with Crippen molar-refractivity contribution in [2.24, 2.45) is 0 Å². The van der Waals surface area contributed by atoms with Crippen molar-refractivity contribution in [3.63, 3.8) is 0 Å². The Kier molecular flexibility index (Phi) is 7.66. The normalized spacial score (nSPS) is 14.9. The van der Waals surface area contributed by atoms with Crippen LogP contribution in [0, 0.1) is 18.3 Å². The van der Waals surface area contributed by atoms with Crippen molar-refractivity contribution >= 4 is 57.4 Å². The third kappa shape index (κ3) is 4.70. The molecule has 0 atom stereocenters. The maximum Gasteiger partial charge on any atom is 0.271 e. The van der Waals surface area contributed by atoms with E-state index in [-0.39, 0.29) is 47.9 Å². The third-order valence-corrected chi connectivity index (χ3v) is 7.20. The number of nitrogens with zero attached hydrogens (tertiary/aromatic N) is 3. The van der Waals surface area contributed by atoms with E-state index in [4.69, 9.17) is 12.2 Å². The van der Waals surface area contributed by atoms with Crippen molar-refractivity contribution in [1.29, 1.82) is 5.26 Å². The molecule has 0 radical (unpaired) electrons. The van der Waals surface area contributed by atoms with E-state index in [2.05, 4.69) is 0 Å². The molecule has 166 valence electrons. The fraction of sp³-hybridized carbons (Fsp3) is 0.318. The quantitative estimate of drug-likeness (QED) is 0.340. The molecule has 0 aromatic carbocycles. The molecule has 1 fully saturated rings. The molecule has 32 heavy (non-hydrogen) atoms. The molecular formula is C22H21N3O4S3. The maximum atomic E-state index is 12.9. The van der Waals surface area contributed by atoms with Crippen LogP contribution >= 0.6 is 35.3 Å². The molecule has 1 saturated heterocycles. The van der Waals surface area contributed by atoms with E-state index in [0.29, 0.717) is 22.1 Å². The molecule has 2 aromatic rings. The highest BCUT2D eigenvalue weighted by Crippen LogP contribution is 2.33. The van der Waals surface area contributed by atoms with E-state index in [1.165, 1.54) is 34.9 Å². The van der Waals surface area contributed by atoms with Gasteiger partial charge < -0.3 is 5.11 Å². The summed E-state index contributed by atoms with van der Waals surface area (Å²) in [5, 5.41) is 21.9. The van der Waals surface area contributed by atoms with Crippen molar-refractivity contribution in [2.75, 3.05) is 6.54 Å². The second-order valence-electron chi connectivity index (χ2n) is 7.14. The molecule has 0 saturated carbocycles. The molecule has 0 unspecified atom stereocenters. The van der Waals surface area contributed by atoms with E-state index < -0.39 is 11.4 Å². The molecule has 0 aliphatic carbocycles. The molecule has 10 heteroatoms. The van der Waals surface area contributed by atoms with Crippen molar-refractivity contribution < 1.29 is 14.7 Å². The molecule has 3 rings (SSSR count). The second-order valence-corrected chi connectivity index (χ2v) is 9.80. The number of nitriles is 1. The van der Waals surface area contributed by atoms with E-state index in [9.17, 15) is 24.8 Å². The largest absolute Gasteiger partial charge is 0.494 e. The molecule has 1 N–H and O–H groups in total. The number of thiocarbonyl (C=S) groups is 1. The van der Waals surface area contributed by atoms with E-state index >= 15 is 0 Å². The lowest BCUT2D eigenvalue weighted by molar-refractivity contribution is -0.122. The number of carbonyl (C=O) groups excluding carboxylic acids is 2. The summed E-state index contributed by atoms with van der Waals surface area (Å²) in [6, 6.07) is 5.66. The summed E-state index contributed by atoms with van der Waals surface area (Å²) in [4.78, 5) is 41.0. The van der Waals surface area contributed by atoms with Crippen LogP contribution in [0.4, 0.5) is 0 Å². The number of aromatic hydroxyl groups is 1. The predicted molar refractivity (Wildman–Crippen MR) is 130 cm³/mol. The number of thiophene rings is 1. The number of pyridine rings is 1. The molecule has 1 aliphatic heterocycles. The van der Waals surface area contributed by atoms with Gasteiger partial charge in [-0.05, 0) is 42.9 Å². The Morgan fingerprint density at radius 3 is 2.72 bits per heavy atom. The van der Waals surface area contributed by atoms with Gasteiger partial charge in [0.15, 0.2) is 5.78 Å².